The fraction of sp³-hybridized carbons (Fsp3) is 0.200. The zero-order valence-electron chi connectivity index (χ0n) is 15.5. The lowest BCUT2D eigenvalue weighted by Crippen LogP contribution is -2.19. The third-order valence-electron chi connectivity index (χ3n) is 3.91. The second-order valence-electron chi connectivity index (χ2n) is 6.35. The molecule has 1 heterocycles. The molecule has 1 amide bonds. The van der Waals surface area contributed by atoms with Gasteiger partial charge in [-0.25, -0.2) is 9.07 Å². The SMILES string of the molecule is CN(C)CCOc1ccc(NC(=O)c2ccn(-c3ccccc3F)n2)cc1Cl. The first-order chi connectivity index (χ1) is 13.4. The lowest BCUT2D eigenvalue weighted by atomic mass is 10.3. The largest absolute Gasteiger partial charge is 0.491 e. The minimum Gasteiger partial charge on any atom is -0.491 e. The van der Waals surface area contributed by atoms with Crippen LogP contribution in [0.4, 0.5) is 10.1 Å². The van der Waals surface area contributed by atoms with Crippen molar-refractivity contribution in [1.82, 2.24) is 14.7 Å². The van der Waals surface area contributed by atoms with Gasteiger partial charge in [0.15, 0.2) is 5.69 Å². The molecule has 3 aromatic rings. The summed E-state index contributed by atoms with van der Waals surface area (Å²) in [5.74, 6) is -0.299. The summed E-state index contributed by atoms with van der Waals surface area (Å²) >= 11 is 6.22. The van der Waals surface area contributed by atoms with Crippen molar-refractivity contribution < 1.29 is 13.9 Å². The molecule has 1 aromatic heterocycles. The molecule has 1 N–H and O–H groups in total. The van der Waals surface area contributed by atoms with Gasteiger partial charge in [0.1, 0.15) is 23.9 Å². The van der Waals surface area contributed by atoms with Crippen LogP contribution in [0.5, 0.6) is 5.75 Å². The predicted octanol–water partition coefficient (Wildman–Crippen LogP) is 3.86. The van der Waals surface area contributed by atoms with Crippen molar-refractivity contribution in [2.45, 2.75) is 0 Å². The van der Waals surface area contributed by atoms with Crippen LogP contribution in [0.1, 0.15) is 10.5 Å². The van der Waals surface area contributed by atoms with Crippen LogP contribution in [0.3, 0.4) is 0 Å². The Morgan fingerprint density at radius 2 is 2.04 bits per heavy atom. The Bertz CT molecular complexity index is 974. The Kier molecular flexibility index (Phi) is 6.28. The third kappa shape index (κ3) is 4.88. The minimum absolute atomic E-state index is 0.158. The standard InChI is InChI=1S/C20H20ClFN4O2/c1-25(2)11-12-28-19-8-7-14(13-15(19)21)23-20(27)17-9-10-26(24-17)18-6-4-3-5-16(18)22/h3-10,13H,11-12H2,1-2H3,(H,23,27). The first-order valence-electron chi connectivity index (χ1n) is 8.63. The molecule has 6 nitrogen and oxygen atoms in total. The van der Waals surface area contributed by atoms with Crippen molar-refractivity contribution in [3.63, 3.8) is 0 Å². The number of halogens is 2. The molecule has 0 aliphatic carbocycles. The highest BCUT2D eigenvalue weighted by atomic mass is 35.5. The lowest BCUT2D eigenvalue weighted by Gasteiger charge is -2.12. The van der Waals surface area contributed by atoms with E-state index in [0.717, 1.165) is 6.54 Å². The Morgan fingerprint density at radius 3 is 2.75 bits per heavy atom. The van der Waals surface area contributed by atoms with Crippen molar-refractivity contribution >= 4 is 23.2 Å². The van der Waals surface area contributed by atoms with Gasteiger partial charge in [-0.3, -0.25) is 4.79 Å². The van der Waals surface area contributed by atoms with Gasteiger partial charge in [0, 0.05) is 18.4 Å². The number of nitrogens with zero attached hydrogens (tertiary/aromatic N) is 3. The molecule has 28 heavy (non-hydrogen) atoms. The Hall–Kier alpha value is -2.90. The van der Waals surface area contributed by atoms with E-state index in [1.54, 1.807) is 36.4 Å². The summed E-state index contributed by atoms with van der Waals surface area (Å²) in [5.41, 5.74) is 0.935. The molecule has 0 atom stereocenters. The van der Waals surface area contributed by atoms with E-state index >= 15 is 0 Å². The van der Waals surface area contributed by atoms with Gasteiger partial charge in [-0.2, -0.15) is 5.10 Å². The van der Waals surface area contributed by atoms with Crippen molar-refractivity contribution in [1.29, 1.82) is 0 Å². The normalized spacial score (nSPS) is 10.9. The fourth-order valence-corrected chi connectivity index (χ4v) is 2.68. The minimum atomic E-state index is -0.424. The first kappa shape index (κ1) is 19.9. The second-order valence-corrected chi connectivity index (χ2v) is 6.76. The summed E-state index contributed by atoms with van der Waals surface area (Å²) < 4.78 is 20.8. The highest BCUT2D eigenvalue weighted by molar-refractivity contribution is 6.32. The van der Waals surface area contributed by atoms with Crippen LogP contribution in [-0.2, 0) is 0 Å². The van der Waals surface area contributed by atoms with Crippen LogP contribution >= 0.6 is 11.6 Å². The summed E-state index contributed by atoms with van der Waals surface area (Å²) in [4.78, 5) is 14.4. The zero-order valence-corrected chi connectivity index (χ0v) is 16.3. The molecule has 0 saturated heterocycles. The topological polar surface area (TPSA) is 59.4 Å². The molecular weight excluding hydrogens is 383 g/mol. The molecular formula is C20H20ClFN4O2. The number of ether oxygens (including phenoxy) is 1. The van der Waals surface area contributed by atoms with Crippen LogP contribution < -0.4 is 10.1 Å². The van der Waals surface area contributed by atoms with Crippen LogP contribution in [0.25, 0.3) is 5.69 Å². The predicted molar refractivity (Wildman–Crippen MR) is 107 cm³/mol. The van der Waals surface area contributed by atoms with Gasteiger partial charge < -0.3 is 15.0 Å². The average Bonchev–Trinajstić information content (AvgIpc) is 3.14. The fourth-order valence-electron chi connectivity index (χ4n) is 2.45. The highest BCUT2D eigenvalue weighted by Crippen LogP contribution is 2.28. The van der Waals surface area contributed by atoms with Crippen LogP contribution in [0, 0.1) is 5.82 Å². The highest BCUT2D eigenvalue weighted by Gasteiger charge is 2.13. The molecule has 0 spiro atoms. The summed E-state index contributed by atoms with van der Waals surface area (Å²) in [6.07, 6.45) is 1.53. The molecule has 3 rings (SSSR count). The smallest absolute Gasteiger partial charge is 0.276 e. The number of hydrogen-bond acceptors (Lipinski definition) is 4. The Balaban J connectivity index is 1.67. The molecule has 0 saturated carbocycles. The number of aromatic nitrogens is 2. The van der Waals surface area contributed by atoms with E-state index in [0.29, 0.717) is 23.1 Å². The van der Waals surface area contributed by atoms with E-state index in [1.165, 1.54) is 23.0 Å². The number of nitrogens with one attached hydrogen (secondary N) is 1. The monoisotopic (exact) mass is 402 g/mol. The van der Waals surface area contributed by atoms with Crippen molar-refractivity contribution in [3.05, 3.63) is 71.3 Å². The number of hydrogen-bond donors (Lipinski definition) is 1. The molecule has 0 radical (unpaired) electrons. The molecule has 0 unspecified atom stereocenters. The van der Waals surface area contributed by atoms with E-state index in [2.05, 4.69) is 10.4 Å². The molecule has 0 fully saturated rings. The molecule has 8 heteroatoms. The Morgan fingerprint density at radius 1 is 1.25 bits per heavy atom. The molecule has 0 bridgehead atoms. The number of likely N-dealkylation sites (N-methyl/N-ethyl adjacent to an activating group) is 1. The molecule has 0 aliphatic heterocycles. The molecule has 0 aliphatic rings. The van der Waals surface area contributed by atoms with Gasteiger partial charge in [-0.05, 0) is 50.5 Å². The van der Waals surface area contributed by atoms with Crippen molar-refractivity contribution in [3.8, 4) is 11.4 Å². The van der Waals surface area contributed by atoms with Crippen LogP contribution in [0.2, 0.25) is 5.02 Å². The Labute approximate surface area is 167 Å². The number of amides is 1. The summed E-state index contributed by atoms with van der Waals surface area (Å²) in [6, 6.07) is 12.7. The van der Waals surface area contributed by atoms with Gasteiger partial charge in [0.05, 0.1) is 5.02 Å². The third-order valence-corrected chi connectivity index (χ3v) is 4.20. The van der Waals surface area contributed by atoms with E-state index in [-0.39, 0.29) is 11.4 Å². The van der Waals surface area contributed by atoms with E-state index in [4.69, 9.17) is 16.3 Å². The first-order valence-corrected chi connectivity index (χ1v) is 9.01. The summed E-state index contributed by atoms with van der Waals surface area (Å²) in [7, 11) is 3.91. The van der Waals surface area contributed by atoms with Gasteiger partial charge >= 0.3 is 0 Å². The number of carbonyl (C=O) groups is 1. The molecule has 146 valence electrons. The van der Waals surface area contributed by atoms with Gasteiger partial charge in [-0.15, -0.1) is 0 Å². The van der Waals surface area contributed by atoms with Crippen molar-refractivity contribution in [2.75, 3.05) is 32.6 Å². The maximum atomic E-state index is 13.9. The quantitative estimate of drug-likeness (QED) is 0.652. The molecule has 2 aromatic carbocycles. The second kappa shape index (κ2) is 8.86. The van der Waals surface area contributed by atoms with Crippen LogP contribution in [-0.4, -0.2) is 47.8 Å². The lowest BCUT2D eigenvalue weighted by molar-refractivity contribution is 0.102. The van der Waals surface area contributed by atoms with E-state index in [9.17, 15) is 9.18 Å². The maximum Gasteiger partial charge on any atom is 0.276 e. The average molecular weight is 403 g/mol. The van der Waals surface area contributed by atoms with Crippen LogP contribution in [0.15, 0.2) is 54.7 Å². The van der Waals surface area contributed by atoms with Crippen molar-refractivity contribution in [2.24, 2.45) is 0 Å². The van der Waals surface area contributed by atoms with E-state index in [1.807, 2.05) is 19.0 Å². The van der Waals surface area contributed by atoms with E-state index < -0.39 is 11.7 Å². The maximum absolute atomic E-state index is 13.9. The summed E-state index contributed by atoms with van der Waals surface area (Å²) in [5, 5.41) is 7.26. The number of anilines is 1. The van der Waals surface area contributed by atoms with Gasteiger partial charge in [-0.1, -0.05) is 23.7 Å². The van der Waals surface area contributed by atoms with Gasteiger partial charge in [0.25, 0.3) is 5.91 Å². The van der Waals surface area contributed by atoms with Gasteiger partial charge in [0.2, 0.25) is 0 Å². The summed E-state index contributed by atoms with van der Waals surface area (Å²) in [6.45, 7) is 1.27. The number of rotatable bonds is 7. The number of para-hydroxylation sites is 1. The number of carbonyl (C=O) groups excluding carboxylic acids is 1. The number of benzene rings is 2. The zero-order chi connectivity index (χ0) is 20.1.